The van der Waals surface area contributed by atoms with Gasteiger partial charge in [-0.15, -0.1) is 0 Å². The number of para-hydroxylation sites is 1. The van der Waals surface area contributed by atoms with Crippen LogP contribution in [-0.4, -0.2) is 42.4 Å². The summed E-state index contributed by atoms with van der Waals surface area (Å²) in [6, 6.07) is 27.4. The van der Waals surface area contributed by atoms with Gasteiger partial charge in [-0.1, -0.05) is 48.5 Å². The lowest BCUT2D eigenvalue weighted by molar-refractivity contribution is -0.119. The van der Waals surface area contributed by atoms with Gasteiger partial charge in [-0.25, -0.2) is 8.42 Å². The molecule has 1 aliphatic rings. The second-order valence-corrected chi connectivity index (χ2v) is 10.3. The van der Waals surface area contributed by atoms with Crippen LogP contribution in [0.3, 0.4) is 0 Å². The quantitative estimate of drug-likeness (QED) is 0.420. The molecule has 4 aromatic rings. The van der Waals surface area contributed by atoms with Crippen LogP contribution in [-0.2, 0) is 14.8 Å². The first-order chi connectivity index (χ1) is 16.9. The zero-order chi connectivity index (χ0) is 24.4. The first kappa shape index (κ1) is 23.0. The Bertz CT molecular complexity index is 1460. The minimum Gasteiger partial charge on any atom is -0.457 e. The lowest BCUT2D eigenvalue weighted by Gasteiger charge is -2.23. The van der Waals surface area contributed by atoms with E-state index in [1.54, 1.807) is 36.4 Å². The summed E-state index contributed by atoms with van der Waals surface area (Å²) in [7, 11) is -4.00. The molecule has 0 saturated carbocycles. The highest BCUT2D eigenvalue weighted by Gasteiger charge is 2.43. The third kappa shape index (κ3) is 4.90. The summed E-state index contributed by atoms with van der Waals surface area (Å²) in [6.45, 7) is -0.142. The van der Waals surface area contributed by atoms with Gasteiger partial charge in [0.1, 0.15) is 17.5 Å². The number of benzene rings is 4. The first-order valence-corrected chi connectivity index (χ1v) is 12.7. The van der Waals surface area contributed by atoms with Gasteiger partial charge in [0.25, 0.3) is 0 Å². The van der Waals surface area contributed by atoms with Crippen molar-refractivity contribution in [2.24, 2.45) is 0 Å². The van der Waals surface area contributed by atoms with Crippen LogP contribution in [0.15, 0.2) is 102 Å². The normalized spacial score (nSPS) is 18.4. The molecular formula is C27H24N2O5S. The molecule has 1 saturated heterocycles. The van der Waals surface area contributed by atoms with E-state index in [1.807, 2.05) is 54.6 Å². The number of anilines is 1. The molecule has 0 aromatic heterocycles. The van der Waals surface area contributed by atoms with Gasteiger partial charge in [0.15, 0.2) is 0 Å². The number of aliphatic hydroxyl groups excluding tert-OH is 1. The fraction of sp³-hybridized carbons (Fsp3) is 0.148. The van der Waals surface area contributed by atoms with E-state index in [4.69, 9.17) is 4.74 Å². The van der Waals surface area contributed by atoms with Crippen molar-refractivity contribution in [3.05, 3.63) is 97.1 Å². The van der Waals surface area contributed by atoms with Crippen LogP contribution in [0.5, 0.6) is 11.5 Å². The summed E-state index contributed by atoms with van der Waals surface area (Å²) in [5.41, 5.74) is 0.500. The summed E-state index contributed by atoms with van der Waals surface area (Å²) >= 11 is 0. The van der Waals surface area contributed by atoms with E-state index in [1.165, 1.54) is 6.07 Å². The van der Waals surface area contributed by atoms with Crippen molar-refractivity contribution in [3.63, 3.8) is 0 Å². The van der Waals surface area contributed by atoms with Crippen LogP contribution in [0.4, 0.5) is 5.69 Å². The summed E-state index contributed by atoms with van der Waals surface area (Å²) < 4.78 is 33.7. The molecule has 2 unspecified atom stereocenters. The predicted octanol–water partition coefficient (Wildman–Crippen LogP) is 4.39. The topological polar surface area (TPSA) is 95.9 Å². The number of sulfonamides is 1. The Hall–Kier alpha value is -3.72. The fourth-order valence-corrected chi connectivity index (χ4v) is 5.88. The Balaban J connectivity index is 1.33. The average Bonchev–Trinajstić information content (AvgIpc) is 3.28. The highest BCUT2D eigenvalue weighted by molar-refractivity contribution is 7.89. The van der Waals surface area contributed by atoms with Crippen LogP contribution in [0.1, 0.15) is 6.42 Å². The lowest BCUT2D eigenvalue weighted by atomic mass is 10.1. The van der Waals surface area contributed by atoms with Gasteiger partial charge in [-0.2, -0.15) is 4.31 Å². The van der Waals surface area contributed by atoms with E-state index in [2.05, 4.69) is 5.32 Å². The number of β-amino-alcohol motifs (C(OH)–C–C–N with tert-alkyl or cyclic N) is 1. The van der Waals surface area contributed by atoms with Gasteiger partial charge in [-0.05, 0) is 59.3 Å². The van der Waals surface area contributed by atoms with Crippen LogP contribution in [0, 0.1) is 0 Å². The van der Waals surface area contributed by atoms with Crippen LogP contribution in [0.25, 0.3) is 10.8 Å². The number of rotatable bonds is 6. The third-order valence-corrected chi connectivity index (χ3v) is 7.84. The molecule has 1 amide bonds. The molecule has 1 fully saturated rings. The molecule has 35 heavy (non-hydrogen) atoms. The smallest absolute Gasteiger partial charge is 0.243 e. The molecule has 0 aliphatic carbocycles. The van der Waals surface area contributed by atoms with Crippen LogP contribution in [0.2, 0.25) is 0 Å². The Morgan fingerprint density at radius 1 is 0.857 bits per heavy atom. The monoisotopic (exact) mass is 488 g/mol. The Kier molecular flexibility index (Phi) is 6.25. The SMILES string of the molecule is O=C(Nc1ccc(Oc2ccccc2)cc1)C1CC(O)CN1S(=O)(=O)c1ccc2ccccc2c1. The standard InChI is InChI=1S/C27H24N2O5S/c30-22-17-26(27(31)28-21-11-13-24(14-12-21)34-23-8-2-1-3-9-23)29(18-22)35(32,33)25-15-10-19-6-4-5-7-20(19)16-25/h1-16,22,26,30H,17-18H2,(H,28,31). The van der Waals surface area contributed by atoms with Gasteiger partial charge in [0, 0.05) is 18.7 Å². The number of carbonyl (C=O) groups is 1. The predicted molar refractivity (Wildman–Crippen MR) is 134 cm³/mol. The molecule has 1 heterocycles. The number of carbonyl (C=O) groups excluding carboxylic acids is 1. The van der Waals surface area contributed by atoms with Crippen molar-refractivity contribution in [3.8, 4) is 11.5 Å². The van der Waals surface area contributed by atoms with Crippen LogP contribution < -0.4 is 10.1 Å². The van der Waals surface area contributed by atoms with Crippen LogP contribution >= 0.6 is 0 Å². The van der Waals surface area contributed by atoms with Gasteiger partial charge >= 0.3 is 0 Å². The Labute approximate surface area is 203 Å². The molecule has 0 bridgehead atoms. The van der Waals surface area contributed by atoms with E-state index in [-0.39, 0.29) is 17.9 Å². The van der Waals surface area contributed by atoms with E-state index >= 15 is 0 Å². The second kappa shape index (κ2) is 9.50. The van der Waals surface area contributed by atoms with Gasteiger partial charge in [-0.3, -0.25) is 4.79 Å². The molecule has 2 atom stereocenters. The zero-order valence-corrected chi connectivity index (χ0v) is 19.6. The van der Waals surface area contributed by atoms with Gasteiger partial charge in [0.05, 0.1) is 11.0 Å². The molecule has 0 radical (unpaired) electrons. The molecule has 0 spiro atoms. The van der Waals surface area contributed by atoms with Crippen molar-refractivity contribution in [1.82, 2.24) is 4.31 Å². The molecule has 4 aromatic carbocycles. The van der Waals surface area contributed by atoms with E-state index < -0.39 is 28.1 Å². The van der Waals surface area contributed by atoms with Gasteiger partial charge < -0.3 is 15.2 Å². The molecular weight excluding hydrogens is 464 g/mol. The maximum atomic E-state index is 13.4. The number of hydrogen-bond donors (Lipinski definition) is 2. The number of fused-ring (bicyclic) bond motifs is 1. The summed E-state index contributed by atoms with van der Waals surface area (Å²) in [4.78, 5) is 13.2. The summed E-state index contributed by atoms with van der Waals surface area (Å²) in [5.74, 6) is 0.799. The maximum Gasteiger partial charge on any atom is 0.243 e. The largest absolute Gasteiger partial charge is 0.457 e. The van der Waals surface area contributed by atoms with Crippen molar-refractivity contribution in [2.45, 2.75) is 23.5 Å². The molecule has 7 nitrogen and oxygen atoms in total. The second-order valence-electron chi connectivity index (χ2n) is 8.42. The molecule has 8 heteroatoms. The van der Waals surface area contributed by atoms with Crippen molar-refractivity contribution >= 4 is 32.4 Å². The minimum absolute atomic E-state index is 0.0217. The van der Waals surface area contributed by atoms with E-state index in [0.717, 1.165) is 15.1 Å². The average molecular weight is 489 g/mol. The minimum atomic E-state index is -4.00. The highest BCUT2D eigenvalue weighted by Crippen LogP contribution is 2.30. The number of nitrogens with zero attached hydrogens (tertiary/aromatic N) is 1. The number of aliphatic hydroxyl groups is 1. The van der Waals surface area contributed by atoms with E-state index in [9.17, 15) is 18.3 Å². The van der Waals surface area contributed by atoms with Gasteiger partial charge in [0.2, 0.25) is 15.9 Å². The number of ether oxygens (including phenoxy) is 1. The maximum absolute atomic E-state index is 13.4. The van der Waals surface area contributed by atoms with Crippen molar-refractivity contribution in [2.75, 3.05) is 11.9 Å². The fourth-order valence-electron chi connectivity index (χ4n) is 4.21. The number of amides is 1. The first-order valence-electron chi connectivity index (χ1n) is 11.2. The summed E-state index contributed by atoms with van der Waals surface area (Å²) in [5, 5.41) is 14.7. The number of nitrogens with one attached hydrogen (secondary N) is 1. The van der Waals surface area contributed by atoms with Crippen molar-refractivity contribution in [1.29, 1.82) is 0 Å². The number of hydrogen-bond acceptors (Lipinski definition) is 5. The molecule has 1 aliphatic heterocycles. The van der Waals surface area contributed by atoms with Crippen molar-refractivity contribution < 1.29 is 23.1 Å². The highest BCUT2D eigenvalue weighted by atomic mass is 32.2. The van der Waals surface area contributed by atoms with E-state index in [0.29, 0.717) is 17.2 Å². The molecule has 2 N–H and O–H groups in total. The molecule has 178 valence electrons. The summed E-state index contributed by atoms with van der Waals surface area (Å²) in [6.07, 6.45) is -0.906. The Morgan fingerprint density at radius 2 is 1.51 bits per heavy atom. The third-order valence-electron chi connectivity index (χ3n) is 5.96. The lowest BCUT2D eigenvalue weighted by Crippen LogP contribution is -2.43. The Morgan fingerprint density at radius 3 is 2.26 bits per heavy atom. The zero-order valence-electron chi connectivity index (χ0n) is 18.7. The molecule has 5 rings (SSSR count).